The molecule has 1 atom stereocenters. The van der Waals surface area contributed by atoms with Gasteiger partial charge < -0.3 is 9.88 Å². The minimum Gasteiger partial charge on any atom is -0.351 e. The molecule has 0 aliphatic heterocycles. The zero-order valence-electron chi connectivity index (χ0n) is 11.9. The monoisotopic (exact) mass is 236 g/mol. The van der Waals surface area contributed by atoms with E-state index in [4.69, 9.17) is 0 Å². The van der Waals surface area contributed by atoms with Crippen LogP contribution in [-0.2, 0) is 13.1 Å². The van der Waals surface area contributed by atoms with Crippen LogP contribution < -0.4 is 5.32 Å². The molecule has 0 radical (unpaired) electrons. The quantitative estimate of drug-likeness (QED) is 0.726. The molecule has 1 aromatic heterocycles. The van der Waals surface area contributed by atoms with E-state index in [1.165, 1.54) is 25.0 Å². The fourth-order valence-electron chi connectivity index (χ4n) is 2.13. The lowest BCUT2D eigenvalue weighted by Gasteiger charge is -2.15. The summed E-state index contributed by atoms with van der Waals surface area (Å²) in [7, 11) is 0. The normalized spacial score (nSPS) is 13.2. The van der Waals surface area contributed by atoms with Crippen molar-refractivity contribution >= 4 is 0 Å². The van der Waals surface area contributed by atoms with Crippen LogP contribution in [0.25, 0.3) is 0 Å². The highest BCUT2D eigenvalue weighted by atomic mass is 15.0. The summed E-state index contributed by atoms with van der Waals surface area (Å²) in [6, 6.07) is 4.95. The second-order valence-corrected chi connectivity index (χ2v) is 5.39. The zero-order valence-corrected chi connectivity index (χ0v) is 11.9. The van der Waals surface area contributed by atoms with Gasteiger partial charge in [0.1, 0.15) is 0 Å². The molecule has 98 valence electrons. The molecule has 0 aromatic carbocycles. The molecule has 0 aliphatic rings. The fourth-order valence-corrected chi connectivity index (χ4v) is 2.13. The Balaban J connectivity index is 2.21. The molecule has 1 heterocycles. The number of hydrogen-bond acceptors (Lipinski definition) is 1. The summed E-state index contributed by atoms with van der Waals surface area (Å²) in [5.41, 5.74) is 1.39. The molecular weight excluding hydrogens is 208 g/mol. The Bertz CT molecular complexity index is 302. The van der Waals surface area contributed by atoms with Crippen LogP contribution in [0.4, 0.5) is 0 Å². The molecule has 1 unspecified atom stereocenters. The fraction of sp³-hybridized carbons (Fsp3) is 0.733. The molecule has 0 saturated heterocycles. The van der Waals surface area contributed by atoms with Crippen molar-refractivity contribution in [3.63, 3.8) is 0 Å². The van der Waals surface area contributed by atoms with Gasteiger partial charge in [-0.05, 0) is 38.3 Å². The van der Waals surface area contributed by atoms with Crippen molar-refractivity contribution in [1.29, 1.82) is 0 Å². The summed E-state index contributed by atoms with van der Waals surface area (Å²) in [5.74, 6) is 0.833. The van der Waals surface area contributed by atoms with Gasteiger partial charge in [-0.25, -0.2) is 0 Å². The summed E-state index contributed by atoms with van der Waals surface area (Å²) in [4.78, 5) is 0. The van der Waals surface area contributed by atoms with Crippen molar-refractivity contribution in [1.82, 2.24) is 9.88 Å². The van der Waals surface area contributed by atoms with Gasteiger partial charge in [0.05, 0.1) is 0 Å². The first-order chi connectivity index (χ1) is 8.13. The maximum atomic E-state index is 3.61. The predicted molar refractivity (Wildman–Crippen MR) is 75.1 cm³/mol. The van der Waals surface area contributed by atoms with Crippen molar-refractivity contribution in [2.24, 2.45) is 5.92 Å². The lowest BCUT2D eigenvalue weighted by Crippen LogP contribution is -2.26. The van der Waals surface area contributed by atoms with Gasteiger partial charge in [-0.2, -0.15) is 0 Å². The maximum absolute atomic E-state index is 3.61. The number of aryl methyl sites for hydroxylation is 1. The SMILES string of the molecule is CCn1cccc1CNC(C)CCCC(C)C. The third-order valence-electron chi connectivity index (χ3n) is 3.31. The van der Waals surface area contributed by atoms with E-state index in [9.17, 15) is 0 Å². The van der Waals surface area contributed by atoms with Crippen molar-refractivity contribution in [2.75, 3.05) is 0 Å². The summed E-state index contributed by atoms with van der Waals surface area (Å²) < 4.78 is 2.30. The number of nitrogens with one attached hydrogen (secondary N) is 1. The van der Waals surface area contributed by atoms with Crippen molar-refractivity contribution in [3.8, 4) is 0 Å². The van der Waals surface area contributed by atoms with Gasteiger partial charge in [0.15, 0.2) is 0 Å². The van der Waals surface area contributed by atoms with E-state index in [1.54, 1.807) is 0 Å². The van der Waals surface area contributed by atoms with Crippen LogP contribution in [-0.4, -0.2) is 10.6 Å². The standard InChI is InChI=1S/C15H28N2/c1-5-17-11-7-10-15(17)12-16-14(4)9-6-8-13(2)3/h7,10-11,13-14,16H,5-6,8-9,12H2,1-4H3. The molecule has 1 rings (SSSR count). The first-order valence-electron chi connectivity index (χ1n) is 7.00. The molecule has 0 spiro atoms. The molecule has 0 saturated carbocycles. The number of nitrogens with zero attached hydrogens (tertiary/aromatic N) is 1. The van der Waals surface area contributed by atoms with Crippen LogP contribution in [0.3, 0.4) is 0 Å². The number of hydrogen-bond donors (Lipinski definition) is 1. The molecule has 0 aliphatic carbocycles. The molecule has 1 aromatic rings. The van der Waals surface area contributed by atoms with Gasteiger partial charge in [-0.1, -0.05) is 26.7 Å². The summed E-state index contributed by atoms with van der Waals surface area (Å²) in [6.45, 7) is 11.1. The Labute approximate surface area is 106 Å². The van der Waals surface area contributed by atoms with E-state index in [1.807, 2.05) is 0 Å². The van der Waals surface area contributed by atoms with Crippen molar-refractivity contribution in [3.05, 3.63) is 24.0 Å². The smallest absolute Gasteiger partial charge is 0.0361 e. The molecule has 0 bridgehead atoms. The van der Waals surface area contributed by atoms with Gasteiger partial charge >= 0.3 is 0 Å². The summed E-state index contributed by atoms with van der Waals surface area (Å²) >= 11 is 0. The predicted octanol–water partition coefficient (Wildman–Crippen LogP) is 3.81. The molecule has 1 N–H and O–H groups in total. The van der Waals surface area contributed by atoms with Crippen LogP contribution in [0.5, 0.6) is 0 Å². The van der Waals surface area contributed by atoms with Crippen LogP contribution in [0.2, 0.25) is 0 Å². The van der Waals surface area contributed by atoms with E-state index >= 15 is 0 Å². The zero-order chi connectivity index (χ0) is 12.7. The van der Waals surface area contributed by atoms with Gasteiger partial charge in [0.2, 0.25) is 0 Å². The number of rotatable bonds is 8. The van der Waals surface area contributed by atoms with Crippen LogP contribution in [0.15, 0.2) is 18.3 Å². The highest BCUT2D eigenvalue weighted by Crippen LogP contribution is 2.09. The minimum absolute atomic E-state index is 0.619. The second kappa shape index (κ2) is 7.54. The van der Waals surface area contributed by atoms with Gasteiger partial charge in [-0.3, -0.25) is 0 Å². The van der Waals surface area contributed by atoms with E-state index in [2.05, 4.69) is 55.9 Å². The molecule has 17 heavy (non-hydrogen) atoms. The van der Waals surface area contributed by atoms with Crippen LogP contribution in [0, 0.1) is 5.92 Å². The Morgan fingerprint density at radius 2 is 2.00 bits per heavy atom. The number of aromatic nitrogens is 1. The first kappa shape index (κ1) is 14.3. The molecular formula is C15H28N2. The average molecular weight is 236 g/mol. The first-order valence-corrected chi connectivity index (χ1v) is 7.00. The topological polar surface area (TPSA) is 17.0 Å². The highest BCUT2D eigenvalue weighted by Gasteiger charge is 2.04. The Hall–Kier alpha value is -0.760. The maximum Gasteiger partial charge on any atom is 0.0361 e. The Kier molecular flexibility index (Phi) is 6.35. The van der Waals surface area contributed by atoms with E-state index in [0.29, 0.717) is 6.04 Å². The van der Waals surface area contributed by atoms with Crippen LogP contribution >= 0.6 is 0 Å². The largest absolute Gasteiger partial charge is 0.351 e. The summed E-state index contributed by atoms with van der Waals surface area (Å²) in [6.07, 6.45) is 6.11. The van der Waals surface area contributed by atoms with Crippen molar-refractivity contribution in [2.45, 2.75) is 66.1 Å². The Morgan fingerprint density at radius 1 is 1.24 bits per heavy atom. The average Bonchev–Trinajstić information content (AvgIpc) is 2.73. The Morgan fingerprint density at radius 3 is 2.65 bits per heavy atom. The molecule has 2 nitrogen and oxygen atoms in total. The van der Waals surface area contributed by atoms with Gasteiger partial charge in [0.25, 0.3) is 0 Å². The van der Waals surface area contributed by atoms with E-state index in [0.717, 1.165) is 19.0 Å². The van der Waals surface area contributed by atoms with E-state index in [-0.39, 0.29) is 0 Å². The van der Waals surface area contributed by atoms with Crippen LogP contribution in [0.1, 0.15) is 52.7 Å². The van der Waals surface area contributed by atoms with Gasteiger partial charge in [-0.15, -0.1) is 0 Å². The second-order valence-electron chi connectivity index (χ2n) is 5.39. The third-order valence-corrected chi connectivity index (χ3v) is 3.31. The molecule has 2 heteroatoms. The minimum atomic E-state index is 0.619. The third kappa shape index (κ3) is 5.40. The van der Waals surface area contributed by atoms with E-state index < -0.39 is 0 Å². The molecule has 0 amide bonds. The lowest BCUT2D eigenvalue weighted by molar-refractivity contribution is 0.451. The molecule has 0 fully saturated rings. The van der Waals surface area contributed by atoms with Gasteiger partial charge in [0, 0.05) is 31.0 Å². The summed E-state index contributed by atoms with van der Waals surface area (Å²) in [5, 5.41) is 3.61. The van der Waals surface area contributed by atoms with Crippen molar-refractivity contribution < 1.29 is 0 Å². The lowest BCUT2D eigenvalue weighted by atomic mass is 10.0. The highest BCUT2D eigenvalue weighted by molar-refractivity contribution is 5.06.